The molecule has 1 N–H and O–H groups in total. The van der Waals surface area contributed by atoms with Crippen molar-refractivity contribution in [2.24, 2.45) is 22.7 Å². The monoisotopic (exact) mass is 223 g/mol. The first-order valence-corrected chi connectivity index (χ1v) is 6.68. The molecule has 3 heteroatoms. The average Bonchev–Trinajstić information content (AvgIpc) is 2.67. The van der Waals surface area contributed by atoms with E-state index in [1.54, 1.807) is 0 Å². The van der Waals surface area contributed by atoms with Gasteiger partial charge < -0.3 is 10.2 Å². The molecule has 0 amide bonds. The SMILES string of the molecule is CC1CCCC(CNC2=NCCN2C)C1C. The first-order valence-electron chi connectivity index (χ1n) is 6.68. The Morgan fingerprint density at radius 3 is 2.88 bits per heavy atom. The number of aliphatic imine (C=N–C) groups is 1. The molecule has 1 heterocycles. The van der Waals surface area contributed by atoms with Crippen LogP contribution in [-0.2, 0) is 0 Å². The van der Waals surface area contributed by atoms with E-state index in [4.69, 9.17) is 0 Å². The predicted molar refractivity (Wildman–Crippen MR) is 68.6 cm³/mol. The van der Waals surface area contributed by atoms with Crippen LogP contribution in [-0.4, -0.2) is 37.5 Å². The first-order chi connectivity index (χ1) is 7.68. The van der Waals surface area contributed by atoms with Crippen molar-refractivity contribution in [1.82, 2.24) is 10.2 Å². The molecule has 2 aliphatic rings. The van der Waals surface area contributed by atoms with E-state index >= 15 is 0 Å². The molecule has 0 radical (unpaired) electrons. The fourth-order valence-electron chi connectivity index (χ4n) is 2.93. The molecule has 1 aliphatic heterocycles. The number of nitrogens with one attached hydrogen (secondary N) is 1. The summed E-state index contributed by atoms with van der Waals surface area (Å²) in [6.45, 7) is 7.94. The van der Waals surface area contributed by atoms with Gasteiger partial charge in [-0.25, -0.2) is 0 Å². The number of rotatable bonds is 2. The molecule has 2 rings (SSSR count). The number of hydrogen-bond donors (Lipinski definition) is 1. The Bertz CT molecular complexity index is 262. The molecule has 3 unspecified atom stereocenters. The van der Waals surface area contributed by atoms with Gasteiger partial charge in [0.2, 0.25) is 0 Å². The molecule has 0 bridgehead atoms. The maximum Gasteiger partial charge on any atom is 0.193 e. The smallest absolute Gasteiger partial charge is 0.193 e. The van der Waals surface area contributed by atoms with Crippen LogP contribution in [0.5, 0.6) is 0 Å². The van der Waals surface area contributed by atoms with Crippen molar-refractivity contribution in [1.29, 1.82) is 0 Å². The zero-order chi connectivity index (χ0) is 11.5. The van der Waals surface area contributed by atoms with Crippen molar-refractivity contribution in [2.45, 2.75) is 33.1 Å². The summed E-state index contributed by atoms with van der Waals surface area (Å²) in [5, 5.41) is 3.53. The van der Waals surface area contributed by atoms with Gasteiger partial charge in [0.1, 0.15) is 0 Å². The van der Waals surface area contributed by atoms with Crippen molar-refractivity contribution in [2.75, 3.05) is 26.7 Å². The van der Waals surface area contributed by atoms with Gasteiger partial charge in [0.25, 0.3) is 0 Å². The van der Waals surface area contributed by atoms with Crippen molar-refractivity contribution >= 4 is 5.96 Å². The fraction of sp³-hybridized carbons (Fsp3) is 0.923. The third kappa shape index (κ3) is 2.50. The maximum absolute atomic E-state index is 4.48. The van der Waals surface area contributed by atoms with Gasteiger partial charge in [-0.2, -0.15) is 0 Å². The molecule has 0 saturated heterocycles. The van der Waals surface area contributed by atoms with Crippen LogP contribution in [0.2, 0.25) is 0 Å². The van der Waals surface area contributed by atoms with Gasteiger partial charge in [-0.05, 0) is 24.2 Å². The average molecular weight is 223 g/mol. The highest BCUT2D eigenvalue weighted by Gasteiger charge is 2.27. The molecule has 92 valence electrons. The molecule has 0 aromatic heterocycles. The van der Waals surface area contributed by atoms with E-state index in [-0.39, 0.29) is 0 Å². The fourth-order valence-corrected chi connectivity index (χ4v) is 2.93. The third-order valence-corrected chi connectivity index (χ3v) is 4.46. The first kappa shape index (κ1) is 11.7. The van der Waals surface area contributed by atoms with Crippen molar-refractivity contribution < 1.29 is 0 Å². The van der Waals surface area contributed by atoms with Crippen LogP contribution in [0, 0.1) is 17.8 Å². The molecule has 3 nitrogen and oxygen atoms in total. The Labute approximate surface area is 99.3 Å². The second-order valence-corrected chi connectivity index (χ2v) is 5.54. The highest BCUT2D eigenvalue weighted by molar-refractivity contribution is 5.81. The Morgan fingerprint density at radius 2 is 2.19 bits per heavy atom. The molecule has 3 atom stereocenters. The second kappa shape index (κ2) is 5.07. The number of guanidine groups is 1. The van der Waals surface area contributed by atoms with Gasteiger partial charge in [0, 0.05) is 20.1 Å². The van der Waals surface area contributed by atoms with Gasteiger partial charge in [-0.3, -0.25) is 4.99 Å². The van der Waals surface area contributed by atoms with Gasteiger partial charge in [-0.1, -0.05) is 26.7 Å². The third-order valence-electron chi connectivity index (χ3n) is 4.46. The molecule has 1 fully saturated rings. The lowest BCUT2D eigenvalue weighted by Gasteiger charge is -2.34. The Morgan fingerprint density at radius 1 is 1.38 bits per heavy atom. The zero-order valence-electron chi connectivity index (χ0n) is 10.9. The number of hydrogen-bond acceptors (Lipinski definition) is 3. The lowest BCUT2D eigenvalue weighted by molar-refractivity contribution is 0.183. The molecule has 0 spiro atoms. The van der Waals surface area contributed by atoms with E-state index < -0.39 is 0 Å². The Kier molecular flexibility index (Phi) is 3.72. The highest BCUT2D eigenvalue weighted by atomic mass is 15.3. The van der Waals surface area contributed by atoms with Gasteiger partial charge in [0.05, 0.1) is 6.54 Å². The van der Waals surface area contributed by atoms with Crippen LogP contribution >= 0.6 is 0 Å². The quantitative estimate of drug-likeness (QED) is 0.775. The topological polar surface area (TPSA) is 27.6 Å². The normalized spacial score (nSPS) is 35.1. The van der Waals surface area contributed by atoms with E-state index in [0.717, 1.165) is 43.3 Å². The molecule has 16 heavy (non-hydrogen) atoms. The predicted octanol–water partition coefficient (Wildman–Crippen LogP) is 1.95. The molecule has 1 aliphatic carbocycles. The summed E-state index contributed by atoms with van der Waals surface area (Å²) in [6.07, 6.45) is 4.20. The minimum Gasteiger partial charge on any atom is -0.356 e. The van der Waals surface area contributed by atoms with Crippen LogP contribution in [0.4, 0.5) is 0 Å². The molecule has 1 saturated carbocycles. The summed E-state index contributed by atoms with van der Waals surface area (Å²) in [5.41, 5.74) is 0. The minimum absolute atomic E-state index is 0.834. The van der Waals surface area contributed by atoms with Crippen molar-refractivity contribution in [3.8, 4) is 0 Å². The summed E-state index contributed by atoms with van der Waals surface area (Å²) in [5.74, 6) is 3.68. The number of likely N-dealkylation sites (N-methyl/N-ethyl adjacent to an activating group) is 1. The molecular weight excluding hydrogens is 198 g/mol. The zero-order valence-corrected chi connectivity index (χ0v) is 10.9. The van der Waals surface area contributed by atoms with Crippen LogP contribution in [0.1, 0.15) is 33.1 Å². The van der Waals surface area contributed by atoms with E-state index in [9.17, 15) is 0 Å². The molecule has 0 aromatic rings. The summed E-state index contributed by atoms with van der Waals surface area (Å²) in [6, 6.07) is 0. The summed E-state index contributed by atoms with van der Waals surface area (Å²) < 4.78 is 0. The standard InChI is InChI=1S/C13H25N3/c1-10-5-4-6-12(11(10)2)9-15-13-14-7-8-16(13)3/h10-12H,4-9H2,1-3H3,(H,14,15). The van der Waals surface area contributed by atoms with E-state index in [0.29, 0.717) is 0 Å². The number of nitrogens with zero attached hydrogens (tertiary/aromatic N) is 2. The second-order valence-electron chi connectivity index (χ2n) is 5.54. The van der Waals surface area contributed by atoms with Gasteiger partial charge in [0.15, 0.2) is 5.96 Å². The van der Waals surface area contributed by atoms with Crippen LogP contribution in [0.3, 0.4) is 0 Å². The van der Waals surface area contributed by atoms with Crippen molar-refractivity contribution in [3.05, 3.63) is 0 Å². The van der Waals surface area contributed by atoms with E-state index in [1.165, 1.54) is 19.3 Å². The van der Waals surface area contributed by atoms with Gasteiger partial charge in [-0.15, -0.1) is 0 Å². The largest absolute Gasteiger partial charge is 0.356 e. The van der Waals surface area contributed by atoms with Gasteiger partial charge >= 0.3 is 0 Å². The Hall–Kier alpha value is -0.730. The lowest BCUT2D eigenvalue weighted by atomic mass is 9.74. The van der Waals surface area contributed by atoms with Crippen LogP contribution < -0.4 is 5.32 Å². The summed E-state index contributed by atoms with van der Waals surface area (Å²) in [7, 11) is 2.12. The van der Waals surface area contributed by atoms with E-state index in [2.05, 4.69) is 36.1 Å². The Balaban J connectivity index is 1.81. The lowest BCUT2D eigenvalue weighted by Crippen LogP contribution is -2.41. The van der Waals surface area contributed by atoms with Crippen molar-refractivity contribution in [3.63, 3.8) is 0 Å². The minimum atomic E-state index is 0.834. The summed E-state index contributed by atoms with van der Waals surface area (Å²) in [4.78, 5) is 6.70. The van der Waals surface area contributed by atoms with Crippen LogP contribution in [0.25, 0.3) is 0 Å². The summed E-state index contributed by atoms with van der Waals surface area (Å²) >= 11 is 0. The molecular formula is C13H25N3. The molecule has 0 aromatic carbocycles. The van der Waals surface area contributed by atoms with E-state index in [1.807, 2.05) is 0 Å². The van der Waals surface area contributed by atoms with Crippen LogP contribution in [0.15, 0.2) is 4.99 Å². The highest BCUT2D eigenvalue weighted by Crippen LogP contribution is 2.33. The maximum atomic E-state index is 4.48.